The monoisotopic (exact) mass is 347 g/mol. The molecule has 109 valence electrons. The van der Waals surface area contributed by atoms with Gasteiger partial charge in [0.05, 0.1) is 0 Å². The molecule has 1 aliphatic rings. The van der Waals surface area contributed by atoms with E-state index in [1.165, 1.54) is 40.1 Å². The summed E-state index contributed by atoms with van der Waals surface area (Å²) in [5.74, 6) is 0. The summed E-state index contributed by atoms with van der Waals surface area (Å²) in [6, 6.07) is 27.5. The van der Waals surface area contributed by atoms with E-state index in [9.17, 15) is 0 Å². The Labute approximate surface area is 147 Å². The lowest BCUT2D eigenvalue weighted by molar-refractivity contribution is 1.15. The number of fused-ring (bicyclic) bond motifs is 3. The molecule has 0 aliphatic carbocycles. The summed E-state index contributed by atoms with van der Waals surface area (Å²) in [7, 11) is 0. The van der Waals surface area contributed by atoms with Gasteiger partial charge in [-0.1, -0.05) is 59.9 Å². The lowest BCUT2D eigenvalue weighted by Gasteiger charge is -2.18. The first-order chi connectivity index (χ1) is 11.4. The van der Waals surface area contributed by atoms with Crippen LogP contribution in [-0.2, 0) is 0 Å². The van der Waals surface area contributed by atoms with Gasteiger partial charge in [-0.25, -0.2) is 0 Å². The standard InChI is InChI=1S/C20H11S3/c1-2-6-15-13(5-1)11-19(21-15)14-9-10-18-20(12-14)23-17-8-4-3-7-16(17)22-18/h1-11H. The van der Waals surface area contributed by atoms with Gasteiger partial charge in [-0.2, -0.15) is 0 Å². The molecule has 1 aliphatic heterocycles. The first-order valence-electron chi connectivity index (χ1n) is 7.37. The number of hydrogen-bond donors (Lipinski definition) is 0. The molecular weight excluding hydrogens is 336 g/mol. The molecule has 2 heterocycles. The zero-order valence-electron chi connectivity index (χ0n) is 12.1. The molecule has 0 unspecified atom stereocenters. The van der Waals surface area contributed by atoms with E-state index in [0.29, 0.717) is 0 Å². The molecule has 3 aromatic carbocycles. The van der Waals surface area contributed by atoms with E-state index in [4.69, 9.17) is 0 Å². The van der Waals surface area contributed by atoms with Gasteiger partial charge in [0.15, 0.2) is 0 Å². The van der Waals surface area contributed by atoms with Gasteiger partial charge in [-0.3, -0.25) is 0 Å². The minimum atomic E-state index is 1.19. The van der Waals surface area contributed by atoms with Crippen molar-refractivity contribution in [3.8, 4) is 10.4 Å². The summed E-state index contributed by atoms with van der Waals surface area (Å²) in [6.45, 7) is 0. The quantitative estimate of drug-likeness (QED) is 0.321. The van der Waals surface area contributed by atoms with Gasteiger partial charge in [0.2, 0.25) is 0 Å². The predicted molar refractivity (Wildman–Crippen MR) is 101 cm³/mol. The van der Waals surface area contributed by atoms with Gasteiger partial charge in [-0.05, 0) is 35.7 Å². The second-order valence-electron chi connectivity index (χ2n) is 5.36. The van der Waals surface area contributed by atoms with Crippen LogP contribution in [-0.4, -0.2) is 0 Å². The molecule has 0 atom stereocenters. The van der Waals surface area contributed by atoms with Crippen molar-refractivity contribution < 1.29 is 0 Å². The van der Waals surface area contributed by atoms with Gasteiger partial charge in [0, 0.05) is 40.8 Å². The second-order valence-corrected chi connectivity index (χ2v) is 8.58. The third-order valence-electron chi connectivity index (χ3n) is 3.85. The Hall–Kier alpha value is -1.68. The highest BCUT2D eigenvalue weighted by molar-refractivity contribution is 8.05. The van der Waals surface area contributed by atoms with Crippen molar-refractivity contribution in [2.75, 3.05) is 0 Å². The van der Waals surface area contributed by atoms with Gasteiger partial charge in [-0.15, -0.1) is 11.3 Å². The molecule has 4 aromatic rings. The van der Waals surface area contributed by atoms with E-state index in [2.05, 4.69) is 72.8 Å². The Morgan fingerprint density at radius 3 is 2.35 bits per heavy atom. The van der Waals surface area contributed by atoms with E-state index in [1.807, 2.05) is 34.9 Å². The molecule has 1 aromatic heterocycles. The van der Waals surface area contributed by atoms with Gasteiger partial charge in [0.25, 0.3) is 0 Å². The highest BCUT2D eigenvalue weighted by Gasteiger charge is 2.17. The molecule has 3 heteroatoms. The largest absolute Gasteiger partial charge is 0.135 e. The Kier molecular flexibility index (Phi) is 3.25. The van der Waals surface area contributed by atoms with Crippen LogP contribution >= 0.6 is 34.9 Å². The first kappa shape index (κ1) is 13.7. The minimum absolute atomic E-state index is 1.19. The van der Waals surface area contributed by atoms with E-state index in [-0.39, 0.29) is 0 Å². The van der Waals surface area contributed by atoms with Gasteiger partial charge in [0.1, 0.15) is 0 Å². The van der Waals surface area contributed by atoms with Crippen LogP contribution in [0.2, 0.25) is 0 Å². The van der Waals surface area contributed by atoms with Crippen LogP contribution < -0.4 is 0 Å². The number of thiophene rings is 1. The van der Waals surface area contributed by atoms with E-state index in [0.717, 1.165) is 0 Å². The van der Waals surface area contributed by atoms with Crippen molar-refractivity contribution in [3.63, 3.8) is 0 Å². The first-order valence-corrected chi connectivity index (χ1v) is 9.82. The third kappa shape index (κ3) is 2.40. The smallest absolute Gasteiger partial charge is 0.0361 e. The maximum Gasteiger partial charge on any atom is 0.0361 e. The van der Waals surface area contributed by atoms with Crippen LogP contribution in [0.25, 0.3) is 20.5 Å². The van der Waals surface area contributed by atoms with E-state index < -0.39 is 0 Å². The Morgan fingerprint density at radius 2 is 1.48 bits per heavy atom. The Bertz CT molecular complexity index is 997. The highest BCUT2D eigenvalue weighted by atomic mass is 32.2. The average Bonchev–Trinajstić information content (AvgIpc) is 3.03. The van der Waals surface area contributed by atoms with Crippen LogP contribution in [0.3, 0.4) is 0 Å². The van der Waals surface area contributed by atoms with Crippen LogP contribution in [0.15, 0.2) is 86.3 Å². The minimum Gasteiger partial charge on any atom is -0.135 e. The zero-order chi connectivity index (χ0) is 15.2. The van der Waals surface area contributed by atoms with Crippen molar-refractivity contribution in [2.24, 2.45) is 0 Å². The maximum absolute atomic E-state index is 3.64. The summed E-state index contributed by atoms with van der Waals surface area (Å²) in [5, 5.41) is 1.31. The van der Waals surface area contributed by atoms with Gasteiger partial charge >= 0.3 is 0 Å². The fourth-order valence-electron chi connectivity index (χ4n) is 2.72. The Morgan fingerprint density at radius 1 is 0.696 bits per heavy atom. The lowest BCUT2D eigenvalue weighted by Crippen LogP contribution is -1.89. The van der Waals surface area contributed by atoms with Crippen LogP contribution in [0.1, 0.15) is 0 Å². The van der Waals surface area contributed by atoms with E-state index >= 15 is 0 Å². The molecule has 0 saturated heterocycles. The average molecular weight is 348 g/mol. The summed E-state index contributed by atoms with van der Waals surface area (Å²) in [6.07, 6.45) is 0. The van der Waals surface area contributed by atoms with Crippen LogP contribution in [0.5, 0.6) is 0 Å². The molecule has 0 bridgehead atoms. The maximum atomic E-state index is 3.64. The molecule has 0 spiro atoms. The number of benzene rings is 3. The molecule has 0 amide bonds. The number of rotatable bonds is 1. The predicted octanol–water partition coefficient (Wildman–Crippen LogP) is 6.98. The summed E-state index contributed by atoms with van der Waals surface area (Å²) >= 11 is 5.51. The molecule has 23 heavy (non-hydrogen) atoms. The highest BCUT2D eigenvalue weighted by Crippen LogP contribution is 2.49. The van der Waals surface area contributed by atoms with Crippen molar-refractivity contribution in [1.29, 1.82) is 0 Å². The number of hydrogen-bond acceptors (Lipinski definition) is 3. The second kappa shape index (κ2) is 5.45. The molecule has 0 fully saturated rings. The van der Waals surface area contributed by atoms with Crippen molar-refractivity contribution in [3.05, 3.63) is 72.8 Å². The summed E-state index contributed by atoms with van der Waals surface area (Å²) in [5.41, 5.74) is 1.19. The fourth-order valence-corrected chi connectivity index (χ4v) is 5.96. The molecule has 1 radical (unpaired) electrons. The fraction of sp³-hybridized carbons (Fsp3) is 0. The summed E-state index contributed by atoms with van der Waals surface area (Å²) < 4.78 is 1.33. The lowest BCUT2D eigenvalue weighted by atomic mass is 10.1. The normalized spacial score (nSPS) is 12.9. The van der Waals surface area contributed by atoms with Crippen LogP contribution in [0, 0.1) is 6.07 Å². The SMILES string of the molecule is [c]1c(-c2cc3ccccc3s2)ccc2c1Sc1ccccc1S2. The van der Waals surface area contributed by atoms with Crippen molar-refractivity contribution >= 4 is 44.9 Å². The van der Waals surface area contributed by atoms with Gasteiger partial charge < -0.3 is 0 Å². The molecule has 0 nitrogen and oxygen atoms in total. The summed E-state index contributed by atoms with van der Waals surface area (Å²) in [4.78, 5) is 6.50. The zero-order valence-corrected chi connectivity index (χ0v) is 14.5. The van der Waals surface area contributed by atoms with Crippen LogP contribution in [0.4, 0.5) is 0 Å². The van der Waals surface area contributed by atoms with Crippen molar-refractivity contribution in [1.82, 2.24) is 0 Å². The molecule has 0 saturated carbocycles. The molecule has 5 rings (SSSR count). The Balaban J connectivity index is 1.59. The topological polar surface area (TPSA) is 0 Å². The molecule has 0 N–H and O–H groups in total. The van der Waals surface area contributed by atoms with E-state index in [1.54, 1.807) is 0 Å². The molecular formula is C20H11S3. The van der Waals surface area contributed by atoms with Crippen molar-refractivity contribution in [2.45, 2.75) is 19.6 Å². The third-order valence-corrected chi connectivity index (χ3v) is 7.49.